The third-order valence-electron chi connectivity index (χ3n) is 5.16. The van der Waals surface area contributed by atoms with Gasteiger partial charge in [0.15, 0.2) is 0 Å². The molecule has 1 saturated heterocycles. The van der Waals surface area contributed by atoms with E-state index in [-0.39, 0.29) is 17.8 Å². The van der Waals surface area contributed by atoms with Crippen molar-refractivity contribution in [3.8, 4) is 0 Å². The number of piperidine rings is 1. The number of rotatable bonds is 9. The molecule has 0 saturated carbocycles. The first-order valence-corrected chi connectivity index (χ1v) is 12.5. The van der Waals surface area contributed by atoms with E-state index in [9.17, 15) is 18.3 Å². The molecule has 3 atom stereocenters. The van der Waals surface area contributed by atoms with Gasteiger partial charge in [0.05, 0.1) is 18.2 Å². The first-order chi connectivity index (χ1) is 12.7. The zero-order chi connectivity index (χ0) is 20.0. The van der Waals surface area contributed by atoms with E-state index in [4.69, 9.17) is 0 Å². The predicted octanol–water partition coefficient (Wildman–Crippen LogP) is 4.08. The van der Waals surface area contributed by atoms with E-state index in [1.807, 2.05) is 31.2 Å². The molecule has 27 heavy (non-hydrogen) atoms. The second-order valence-electron chi connectivity index (χ2n) is 7.41. The normalized spacial score (nSPS) is 24.0. The van der Waals surface area contributed by atoms with Gasteiger partial charge in [-0.3, -0.25) is 4.79 Å². The summed E-state index contributed by atoms with van der Waals surface area (Å²) in [6, 6.07) is 7.58. The highest BCUT2D eigenvalue weighted by molar-refractivity contribution is 7.99. The molecule has 0 aliphatic carbocycles. The molecule has 0 spiro atoms. The summed E-state index contributed by atoms with van der Waals surface area (Å²) in [5.41, 5.74) is 2.05. The van der Waals surface area contributed by atoms with Crippen molar-refractivity contribution in [2.75, 3.05) is 18.6 Å². The van der Waals surface area contributed by atoms with Crippen molar-refractivity contribution in [3.05, 3.63) is 35.4 Å². The van der Waals surface area contributed by atoms with Crippen molar-refractivity contribution in [3.63, 3.8) is 0 Å². The Morgan fingerprint density at radius 3 is 2.44 bits per heavy atom. The summed E-state index contributed by atoms with van der Waals surface area (Å²) in [5, 5.41) is 9.62. The molecule has 1 aliphatic heterocycles. The van der Waals surface area contributed by atoms with Crippen LogP contribution in [0.15, 0.2) is 24.3 Å². The van der Waals surface area contributed by atoms with Crippen molar-refractivity contribution in [1.82, 2.24) is 4.31 Å². The molecule has 152 valence electrons. The standard InChI is InChI=1S/C20H31NO4S2/c1-4-5-6-7-12-26-19-13-18(16-10-8-15(2)9-11-16)21(27(3,24)25)14-17(19)20(22)23/h8-11,17-19H,4-7,12-14H2,1-3H3,(H,22,23)/t17-,18+,19-/m1/s1. The van der Waals surface area contributed by atoms with Crippen LogP contribution >= 0.6 is 11.8 Å². The van der Waals surface area contributed by atoms with Gasteiger partial charge in [-0.1, -0.05) is 56.0 Å². The Morgan fingerprint density at radius 2 is 1.89 bits per heavy atom. The molecule has 1 fully saturated rings. The lowest BCUT2D eigenvalue weighted by molar-refractivity contribution is -0.143. The number of hydrogen-bond acceptors (Lipinski definition) is 4. The molecule has 1 aliphatic rings. The predicted molar refractivity (Wildman–Crippen MR) is 112 cm³/mol. The Morgan fingerprint density at radius 1 is 1.22 bits per heavy atom. The Bertz CT molecular complexity index is 718. The quantitative estimate of drug-likeness (QED) is 0.617. The smallest absolute Gasteiger partial charge is 0.308 e. The van der Waals surface area contributed by atoms with E-state index in [0.717, 1.165) is 29.7 Å². The number of thioether (sulfide) groups is 1. The fourth-order valence-corrected chi connectivity index (χ4v) is 6.11. The van der Waals surface area contributed by atoms with Crippen LogP contribution in [0.4, 0.5) is 0 Å². The topological polar surface area (TPSA) is 74.7 Å². The van der Waals surface area contributed by atoms with Gasteiger partial charge >= 0.3 is 5.97 Å². The van der Waals surface area contributed by atoms with E-state index < -0.39 is 21.9 Å². The highest BCUT2D eigenvalue weighted by atomic mass is 32.2. The highest BCUT2D eigenvalue weighted by Gasteiger charge is 2.43. The van der Waals surface area contributed by atoms with Crippen LogP contribution in [0.2, 0.25) is 0 Å². The number of unbranched alkanes of at least 4 members (excludes halogenated alkanes) is 3. The maximum Gasteiger partial charge on any atom is 0.308 e. The molecule has 7 heteroatoms. The van der Waals surface area contributed by atoms with Crippen molar-refractivity contribution in [2.45, 2.75) is 57.2 Å². The lowest BCUT2D eigenvalue weighted by atomic mass is 9.90. The van der Waals surface area contributed by atoms with E-state index in [0.29, 0.717) is 6.42 Å². The van der Waals surface area contributed by atoms with Crippen molar-refractivity contribution < 1.29 is 18.3 Å². The molecule has 1 N–H and O–H groups in total. The van der Waals surface area contributed by atoms with Crippen LogP contribution in [0.5, 0.6) is 0 Å². The Labute approximate surface area is 167 Å². The summed E-state index contributed by atoms with van der Waals surface area (Å²) in [6.45, 7) is 4.20. The molecule has 0 radical (unpaired) electrons. The van der Waals surface area contributed by atoms with Crippen molar-refractivity contribution in [1.29, 1.82) is 0 Å². The van der Waals surface area contributed by atoms with Crippen LogP contribution in [0.25, 0.3) is 0 Å². The molecule has 0 bridgehead atoms. The summed E-state index contributed by atoms with van der Waals surface area (Å²) in [5.74, 6) is -0.650. The van der Waals surface area contributed by atoms with Gasteiger partial charge < -0.3 is 5.11 Å². The Kier molecular flexibility index (Phi) is 8.19. The van der Waals surface area contributed by atoms with Gasteiger partial charge in [0.1, 0.15) is 0 Å². The van der Waals surface area contributed by atoms with Crippen LogP contribution < -0.4 is 0 Å². The zero-order valence-electron chi connectivity index (χ0n) is 16.4. The largest absolute Gasteiger partial charge is 0.481 e. The van der Waals surface area contributed by atoms with Crippen molar-refractivity contribution in [2.24, 2.45) is 5.92 Å². The molecule has 0 amide bonds. The molecule has 0 unspecified atom stereocenters. The Balaban J connectivity index is 2.21. The molecule has 1 aromatic rings. The highest BCUT2D eigenvalue weighted by Crippen LogP contribution is 2.41. The first kappa shape index (κ1) is 22.2. The number of nitrogens with zero attached hydrogens (tertiary/aromatic N) is 1. The number of sulfonamides is 1. The van der Waals surface area contributed by atoms with Gasteiger partial charge in [-0.25, -0.2) is 8.42 Å². The van der Waals surface area contributed by atoms with Crippen LogP contribution in [-0.4, -0.2) is 47.6 Å². The molecule has 1 heterocycles. The van der Waals surface area contributed by atoms with Gasteiger partial charge in [-0.2, -0.15) is 16.1 Å². The van der Waals surface area contributed by atoms with Crippen LogP contribution in [0.3, 0.4) is 0 Å². The van der Waals surface area contributed by atoms with E-state index >= 15 is 0 Å². The van der Waals surface area contributed by atoms with Gasteiger partial charge in [0, 0.05) is 11.8 Å². The molecule has 5 nitrogen and oxygen atoms in total. The zero-order valence-corrected chi connectivity index (χ0v) is 18.1. The average Bonchev–Trinajstić information content (AvgIpc) is 2.60. The number of carboxylic acid groups (broad SMARTS) is 1. The number of carbonyl (C=O) groups is 1. The second-order valence-corrected chi connectivity index (χ2v) is 10.7. The number of aryl methyl sites for hydroxylation is 1. The number of benzene rings is 1. The minimum Gasteiger partial charge on any atom is -0.481 e. The van der Waals surface area contributed by atoms with Gasteiger partial charge in [0.25, 0.3) is 0 Å². The number of aliphatic carboxylic acids is 1. The average molecular weight is 414 g/mol. The molecular weight excluding hydrogens is 382 g/mol. The lowest BCUT2D eigenvalue weighted by Gasteiger charge is -2.41. The molecule has 0 aromatic heterocycles. The SMILES string of the molecule is CCCCCCS[C@@H]1C[C@@H](c2ccc(C)cc2)N(S(C)(=O)=O)C[C@H]1C(=O)O. The number of hydrogen-bond donors (Lipinski definition) is 1. The summed E-state index contributed by atoms with van der Waals surface area (Å²) in [6.07, 6.45) is 6.31. The summed E-state index contributed by atoms with van der Waals surface area (Å²) in [4.78, 5) is 11.8. The molecular formula is C20H31NO4S2. The summed E-state index contributed by atoms with van der Waals surface area (Å²) in [7, 11) is -3.49. The molecule has 1 aromatic carbocycles. The van der Waals surface area contributed by atoms with Gasteiger partial charge in [0.2, 0.25) is 10.0 Å². The third kappa shape index (κ3) is 6.22. The minimum atomic E-state index is -3.49. The van der Waals surface area contributed by atoms with E-state index in [1.165, 1.54) is 23.4 Å². The number of carboxylic acids is 1. The third-order valence-corrected chi connectivity index (χ3v) is 7.89. The monoisotopic (exact) mass is 413 g/mol. The summed E-state index contributed by atoms with van der Waals surface area (Å²) >= 11 is 1.70. The van der Waals surface area contributed by atoms with Gasteiger partial charge in [-0.15, -0.1) is 0 Å². The van der Waals surface area contributed by atoms with Crippen LogP contribution in [0, 0.1) is 12.8 Å². The fourth-order valence-electron chi connectivity index (χ4n) is 3.58. The summed E-state index contributed by atoms with van der Waals surface area (Å²) < 4.78 is 26.1. The lowest BCUT2D eigenvalue weighted by Crippen LogP contribution is -2.49. The maximum atomic E-state index is 12.4. The Hall–Kier alpha value is -1.05. The van der Waals surface area contributed by atoms with Crippen LogP contribution in [0.1, 0.15) is 56.2 Å². The molecule has 2 rings (SSSR count). The van der Waals surface area contributed by atoms with Gasteiger partial charge in [-0.05, 0) is 31.1 Å². The minimum absolute atomic E-state index is 0.0410. The van der Waals surface area contributed by atoms with Crippen LogP contribution in [-0.2, 0) is 14.8 Å². The maximum absolute atomic E-state index is 12.4. The van der Waals surface area contributed by atoms with E-state index in [1.54, 1.807) is 11.8 Å². The second kappa shape index (κ2) is 9.94. The van der Waals surface area contributed by atoms with Crippen molar-refractivity contribution >= 4 is 27.8 Å². The first-order valence-electron chi connectivity index (χ1n) is 9.61. The fraction of sp³-hybridized carbons (Fsp3) is 0.650. The van der Waals surface area contributed by atoms with E-state index in [2.05, 4.69) is 6.92 Å².